The standard InChI is InChI=1S/C10H9N3O5/c1-6(7-2-3-8(18-7)10(14)15)12-4-9(11-5-12)13(16)17/h2-6H,1H3,(H,14,15). The van der Waals surface area contributed by atoms with Crippen molar-refractivity contribution in [3.63, 3.8) is 0 Å². The van der Waals surface area contributed by atoms with E-state index in [0.717, 1.165) is 0 Å². The minimum absolute atomic E-state index is 0.175. The van der Waals surface area contributed by atoms with Gasteiger partial charge in [-0.1, -0.05) is 0 Å². The molecule has 0 aliphatic rings. The SMILES string of the molecule is CC(c1ccc(C(=O)O)o1)n1cnc([N+](=O)[O-])c1. The fourth-order valence-electron chi connectivity index (χ4n) is 1.47. The molecule has 0 aliphatic carbocycles. The molecule has 2 heterocycles. The third kappa shape index (κ3) is 2.08. The van der Waals surface area contributed by atoms with Crippen LogP contribution in [0, 0.1) is 10.1 Å². The summed E-state index contributed by atoms with van der Waals surface area (Å²) in [6, 6.07) is 2.47. The number of hydrogen-bond donors (Lipinski definition) is 1. The Morgan fingerprint density at radius 2 is 2.33 bits per heavy atom. The molecule has 18 heavy (non-hydrogen) atoms. The lowest BCUT2D eigenvalue weighted by Crippen LogP contribution is -2.03. The van der Waals surface area contributed by atoms with Crippen molar-refractivity contribution in [2.24, 2.45) is 0 Å². The zero-order chi connectivity index (χ0) is 13.3. The summed E-state index contributed by atoms with van der Waals surface area (Å²) in [7, 11) is 0. The van der Waals surface area contributed by atoms with Gasteiger partial charge in [0, 0.05) is 0 Å². The topological polar surface area (TPSA) is 111 Å². The zero-order valence-corrected chi connectivity index (χ0v) is 9.31. The highest BCUT2D eigenvalue weighted by Crippen LogP contribution is 2.22. The molecule has 2 aromatic heterocycles. The van der Waals surface area contributed by atoms with Gasteiger partial charge >= 0.3 is 11.8 Å². The molecule has 0 saturated carbocycles. The molecule has 0 saturated heterocycles. The van der Waals surface area contributed by atoms with Crippen LogP contribution in [0.25, 0.3) is 0 Å². The lowest BCUT2D eigenvalue weighted by Gasteiger charge is -2.07. The third-order valence-electron chi connectivity index (χ3n) is 2.47. The Balaban J connectivity index is 2.26. The van der Waals surface area contributed by atoms with Crippen molar-refractivity contribution in [1.82, 2.24) is 9.55 Å². The van der Waals surface area contributed by atoms with Gasteiger partial charge in [0.25, 0.3) is 0 Å². The molecule has 8 heteroatoms. The Labute approximate surface area is 101 Å². The van der Waals surface area contributed by atoms with E-state index in [1.807, 2.05) is 0 Å². The van der Waals surface area contributed by atoms with Gasteiger partial charge in [0.05, 0.1) is 6.04 Å². The average Bonchev–Trinajstić information content (AvgIpc) is 2.97. The van der Waals surface area contributed by atoms with Gasteiger partial charge in [-0.25, -0.2) is 4.79 Å². The Kier molecular flexibility index (Phi) is 2.84. The number of aromatic carboxylic acids is 1. The number of aromatic nitrogens is 2. The first-order chi connectivity index (χ1) is 8.49. The maximum atomic E-state index is 10.7. The maximum absolute atomic E-state index is 10.7. The molecule has 0 aromatic carbocycles. The zero-order valence-electron chi connectivity index (χ0n) is 9.31. The molecule has 0 radical (unpaired) electrons. The van der Waals surface area contributed by atoms with E-state index in [9.17, 15) is 14.9 Å². The van der Waals surface area contributed by atoms with Crippen LogP contribution in [0.5, 0.6) is 0 Å². The van der Waals surface area contributed by atoms with Crippen molar-refractivity contribution in [2.75, 3.05) is 0 Å². The summed E-state index contributed by atoms with van der Waals surface area (Å²) in [5.41, 5.74) is 0. The number of nitrogens with zero attached hydrogens (tertiary/aromatic N) is 3. The Bertz CT molecular complexity index is 548. The molecule has 0 aliphatic heterocycles. The summed E-state index contributed by atoms with van der Waals surface area (Å²) in [5, 5.41) is 19.2. The van der Waals surface area contributed by atoms with Gasteiger partial charge in [-0.3, -0.25) is 4.57 Å². The van der Waals surface area contributed by atoms with Crippen LogP contribution in [0.4, 0.5) is 5.82 Å². The van der Waals surface area contributed by atoms with Gasteiger partial charge in [0.2, 0.25) is 12.1 Å². The number of hydrogen-bond acceptors (Lipinski definition) is 5. The third-order valence-corrected chi connectivity index (χ3v) is 2.47. The lowest BCUT2D eigenvalue weighted by atomic mass is 10.2. The van der Waals surface area contributed by atoms with Crippen LogP contribution in [0.15, 0.2) is 29.1 Å². The molecule has 0 amide bonds. The van der Waals surface area contributed by atoms with Crippen molar-refractivity contribution in [3.05, 3.63) is 46.3 Å². The second kappa shape index (κ2) is 4.32. The van der Waals surface area contributed by atoms with Crippen LogP contribution in [-0.2, 0) is 0 Å². The smallest absolute Gasteiger partial charge is 0.381 e. The van der Waals surface area contributed by atoms with Crippen LogP contribution in [0.1, 0.15) is 29.3 Å². The number of carboxylic acids is 1. The van der Waals surface area contributed by atoms with Crippen molar-refractivity contribution < 1.29 is 19.2 Å². The van der Waals surface area contributed by atoms with Gasteiger partial charge in [0.1, 0.15) is 12.0 Å². The van der Waals surface area contributed by atoms with Crippen LogP contribution in [0.2, 0.25) is 0 Å². The molecule has 0 bridgehead atoms. The molecular weight excluding hydrogens is 242 g/mol. The highest BCUT2D eigenvalue weighted by molar-refractivity contribution is 5.84. The van der Waals surface area contributed by atoms with E-state index >= 15 is 0 Å². The fourth-order valence-corrected chi connectivity index (χ4v) is 1.47. The van der Waals surface area contributed by atoms with Gasteiger partial charge in [-0.05, 0) is 29.0 Å². The Morgan fingerprint density at radius 1 is 1.61 bits per heavy atom. The van der Waals surface area contributed by atoms with Gasteiger partial charge < -0.3 is 19.6 Å². The largest absolute Gasteiger partial charge is 0.475 e. The normalized spacial score (nSPS) is 12.3. The van der Waals surface area contributed by atoms with Crippen molar-refractivity contribution in [3.8, 4) is 0 Å². The highest BCUT2D eigenvalue weighted by atomic mass is 16.6. The summed E-state index contributed by atoms with van der Waals surface area (Å²) in [4.78, 5) is 24.2. The minimum Gasteiger partial charge on any atom is -0.475 e. The van der Waals surface area contributed by atoms with Crippen LogP contribution < -0.4 is 0 Å². The number of furan rings is 1. The average molecular weight is 251 g/mol. The number of carbonyl (C=O) groups is 1. The molecule has 1 atom stereocenters. The van der Waals surface area contributed by atoms with Crippen molar-refractivity contribution >= 4 is 11.8 Å². The molecule has 1 N–H and O–H groups in total. The molecular formula is C10H9N3O5. The summed E-state index contributed by atoms with van der Waals surface area (Å²) in [5.74, 6) is -1.22. The fraction of sp³-hybridized carbons (Fsp3) is 0.200. The predicted molar refractivity (Wildman–Crippen MR) is 58.4 cm³/mol. The molecule has 2 rings (SSSR count). The highest BCUT2D eigenvalue weighted by Gasteiger charge is 2.19. The summed E-state index contributed by atoms with van der Waals surface area (Å²) in [6.07, 6.45) is 2.55. The van der Waals surface area contributed by atoms with Crippen LogP contribution >= 0.6 is 0 Å². The molecule has 1 unspecified atom stereocenters. The Hall–Kier alpha value is -2.64. The minimum atomic E-state index is -1.16. The van der Waals surface area contributed by atoms with E-state index in [1.165, 1.54) is 29.2 Å². The number of carboxylic acid groups (broad SMARTS) is 1. The van der Waals surface area contributed by atoms with Gasteiger partial charge in [-0.2, -0.15) is 0 Å². The second-order valence-corrected chi connectivity index (χ2v) is 3.62. The number of imidazole rings is 1. The quantitative estimate of drug-likeness (QED) is 0.653. The van der Waals surface area contributed by atoms with Gasteiger partial charge in [0.15, 0.2) is 0 Å². The number of rotatable bonds is 4. The molecule has 0 spiro atoms. The summed E-state index contributed by atoms with van der Waals surface area (Å²) in [6.45, 7) is 1.72. The first kappa shape index (κ1) is 11.8. The molecule has 2 aromatic rings. The first-order valence-corrected chi connectivity index (χ1v) is 5.00. The van der Waals surface area contributed by atoms with Crippen LogP contribution in [-0.4, -0.2) is 25.6 Å². The molecule has 8 nitrogen and oxygen atoms in total. The molecule has 0 fully saturated rings. The maximum Gasteiger partial charge on any atom is 0.381 e. The summed E-state index contributed by atoms with van der Waals surface area (Å²) < 4.78 is 6.59. The monoisotopic (exact) mass is 251 g/mol. The summed E-state index contributed by atoms with van der Waals surface area (Å²) >= 11 is 0. The number of nitro groups is 1. The van der Waals surface area contributed by atoms with E-state index in [-0.39, 0.29) is 17.6 Å². The van der Waals surface area contributed by atoms with E-state index in [0.29, 0.717) is 5.76 Å². The van der Waals surface area contributed by atoms with E-state index in [2.05, 4.69) is 4.98 Å². The lowest BCUT2D eigenvalue weighted by molar-refractivity contribution is -0.389. The van der Waals surface area contributed by atoms with E-state index in [1.54, 1.807) is 6.92 Å². The Morgan fingerprint density at radius 3 is 2.83 bits per heavy atom. The second-order valence-electron chi connectivity index (χ2n) is 3.62. The van der Waals surface area contributed by atoms with Crippen molar-refractivity contribution in [2.45, 2.75) is 13.0 Å². The van der Waals surface area contributed by atoms with Crippen LogP contribution in [0.3, 0.4) is 0 Å². The first-order valence-electron chi connectivity index (χ1n) is 5.00. The predicted octanol–water partition coefficient (Wildman–Crippen LogP) is 1.69. The van der Waals surface area contributed by atoms with E-state index < -0.39 is 10.9 Å². The van der Waals surface area contributed by atoms with Crippen molar-refractivity contribution in [1.29, 1.82) is 0 Å². The van der Waals surface area contributed by atoms with E-state index in [4.69, 9.17) is 9.52 Å². The van der Waals surface area contributed by atoms with Gasteiger partial charge in [-0.15, -0.1) is 0 Å². The molecule has 94 valence electrons.